The number of nitrogens with two attached hydrogens (primary N) is 1. The number of unbranched alkanes of at least 4 members (excludes halogenated alkanes) is 1. The predicted octanol–water partition coefficient (Wildman–Crippen LogP) is 2.42. The van der Waals surface area contributed by atoms with Gasteiger partial charge >= 0.3 is 0 Å². The highest BCUT2D eigenvalue weighted by Crippen LogP contribution is 2.19. The Hall–Kier alpha value is -1.02. The van der Waals surface area contributed by atoms with E-state index < -0.39 is 0 Å². The number of rotatable bonds is 6. The molecule has 0 unspecified atom stereocenters. The Morgan fingerprint density at radius 3 is 2.67 bits per heavy atom. The second kappa shape index (κ2) is 6.46. The summed E-state index contributed by atoms with van der Waals surface area (Å²) in [6.45, 7) is 4.07. The maximum atomic E-state index is 5.61. The maximum absolute atomic E-state index is 5.61. The van der Waals surface area contributed by atoms with Crippen LogP contribution in [0.15, 0.2) is 24.3 Å². The summed E-state index contributed by atoms with van der Waals surface area (Å²) in [4.78, 5) is 2.33. The predicted molar refractivity (Wildman–Crippen MR) is 67.4 cm³/mol. The minimum Gasteiger partial charge on any atom is -0.374 e. The van der Waals surface area contributed by atoms with Crippen molar-refractivity contribution in [2.45, 2.75) is 26.2 Å². The largest absolute Gasteiger partial charge is 0.374 e. The Labute approximate surface area is 93.1 Å². The first-order valence-electron chi connectivity index (χ1n) is 5.78. The van der Waals surface area contributed by atoms with E-state index in [9.17, 15) is 0 Å². The quantitative estimate of drug-likeness (QED) is 0.774. The van der Waals surface area contributed by atoms with Crippen LogP contribution in [0.5, 0.6) is 0 Å². The van der Waals surface area contributed by atoms with Gasteiger partial charge in [0.1, 0.15) is 0 Å². The third-order valence-corrected chi connectivity index (χ3v) is 2.66. The Bertz CT molecular complexity index is 284. The molecule has 0 spiro atoms. The monoisotopic (exact) mass is 206 g/mol. The smallest absolute Gasteiger partial charge is 0.0396 e. The lowest BCUT2D eigenvalue weighted by molar-refractivity contribution is 0.762. The van der Waals surface area contributed by atoms with Crippen molar-refractivity contribution in [3.63, 3.8) is 0 Å². The lowest BCUT2D eigenvalue weighted by Gasteiger charge is -2.22. The first-order chi connectivity index (χ1) is 7.29. The molecule has 0 aliphatic rings. The van der Waals surface area contributed by atoms with E-state index in [1.54, 1.807) is 0 Å². The van der Waals surface area contributed by atoms with Crippen molar-refractivity contribution in [3.8, 4) is 0 Å². The van der Waals surface area contributed by atoms with Crippen molar-refractivity contribution in [1.29, 1.82) is 0 Å². The standard InChI is InChI=1S/C13H22N2/c1-3-4-11-15(2)13-8-6-5-7-12(13)9-10-14/h5-8H,3-4,9-11,14H2,1-2H3. The lowest BCUT2D eigenvalue weighted by Crippen LogP contribution is -2.20. The van der Waals surface area contributed by atoms with E-state index in [0.717, 1.165) is 19.5 Å². The molecule has 0 heterocycles. The number of nitrogens with zero attached hydrogens (tertiary/aromatic N) is 1. The van der Waals surface area contributed by atoms with E-state index in [-0.39, 0.29) is 0 Å². The average molecular weight is 206 g/mol. The minimum atomic E-state index is 0.721. The molecule has 0 amide bonds. The first-order valence-corrected chi connectivity index (χ1v) is 5.78. The van der Waals surface area contributed by atoms with Crippen LogP contribution < -0.4 is 10.6 Å². The second-order valence-electron chi connectivity index (χ2n) is 3.94. The van der Waals surface area contributed by atoms with E-state index in [2.05, 4.69) is 43.1 Å². The maximum Gasteiger partial charge on any atom is 0.0396 e. The zero-order valence-corrected chi connectivity index (χ0v) is 9.87. The third-order valence-electron chi connectivity index (χ3n) is 2.66. The molecule has 2 N–H and O–H groups in total. The van der Waals surface area contributed by atoms with Gasteiger partial charge in [0.15, 0.2) is 0 Å². The summed E-state index contributed by atoms with van der Waals surface area (Å²) < 4.78 is 0. The van der Waals surface area contributed by atoms with Crippen LogP contribution in [0.2, 0.25) is 0 Å². The Morgan fingerprint density at radius 2 is 2.00 bits per heavy atom. The zero-order chi connectivity index (χ0) is 11.1. The molecule has 0 aliphatic carbocycles. The van der Waals surface area contributed by atoms with Crippen LogP contribution in [0.4, 0.5) is 5.69 Å². The molecule has 1 aromatic rings. The summed E-state index contributed by atoms with van der Waals surface area (Å²) in [5.41, 5.74) is 8.30. The minimum absolute atomic E-state index is 0.721. The highest BCUT2D eigenvalue weighted by atomic mass is 15.1. The van der Waals surface area contributed by atoms with Crippen molar-refractivity contribution in [2.24, 2.45) is 5.73 Å². The molecule has 2 heteroatoms. The highest BCUT2D eigenvalue weighted by molar-refractivity contribution is 5.53. The van der Waals surface area contributed by atoms with Gasteiger partial charge < -0.3 is 10.6 Å². The summed E-state index contributed by atoms with van der Waals surface area (Å²) in [5, 5.41) is 0. The molecule has 0 atom stereocenters. The van der Waals surface area contributed by atoms with Gasteiger partial charge in [0.2, 0.25) is 0 Å². The summed E-state index contributed by atoms with van der Waals surface area (Å²) >= 11 is 0. The molecule has 0 saturated heterocycles. The lowest BCUT2D eigenvalue weighted by atomic mass is 10.1. The summed E-state index contributed by atoms with van der Waals surface area (Å²) in [6.07, 6.45) is 3.45. The van der Waals surface area contributed by atoms with Gasteiger partial charge in [-0.25, -0.2) is 0 Å². The van der Waals surface area contributed by atoms with Crippen LogP contribution in [0, 0.1) is 0 Å². The number of para-hydroxylation sites is 1. The third kappa shape index (κ3) is 3.56. The molecule has 0 radical (unpaired) electrons. The van der Waals surface area contributed by atoms with Crippen molar-refractivity contribution >= 4 is 5.69 Å². The number of anilines is 1. The second-order valence-corrected chi connectivity index (χ2v) is 3.94. The van der Waals surface area contributed by atoms with Crippen LogP contribution in [-0.2, 0) is 6.42 Å². The molecule has 15 heavy (non-hydrogen) atoms. The normalized spacial score (nSPS) is 10.3. The van der Waals surface area contributed by atoms with Crippen molar-refractivity contribution in [3.05, 3.63) is 29.8 Å². The highest BCUT2D eigenvalue weighted by Gasteiger charge is 2.05. The van der Waals surface area contributed by atoms with Crippen LogP contribution in [0.25, 0.3) is 0 Å². The summed E-state index contributed by atoms with van der Waals surface area (Å²) in [5.74, 6) is 0. The van der Waals surface area contributed by atoms with Gasteiger partial charge in [-0.3, -0.25) is 0 Å². The van der Waals surface area contributed by atoms with E-state index in [4.69, 9.17) is 5.73 Å². The zero-order valence-electron chi connectivity index (χ0n) is 9.87. The molecule has 0 saturated carbocycles. The topological polar surface area (TPSA) is 29.3 Å². The van der Waals surface area contributed by atoms with Gasteiger partial charge in [-0.2, -0.15) is 0 Å². The van der Waals surface area contributed by atoms with Crippen molar-refractivity contribution in [1.82, 2.24) is 0 Å². The molecular formula is C13H22N2. The van der Waals surface area contributed by atoms with Gasteiger partial charge in [0, 0.05) is 19.3 Å². The fourth-order valence-electron chi connectivity index (χ4n) is 1.77. The Balaban J connectivity index is 2.72. The van der Waals surface area contributed by atoms with Gasteiger partial charge in [0.25, 0.3) is 0 Å². The van der Waals surface area contributed by atoms with Crippen LogP contribution in [0.3, 0.4) is 0 Å². The van der Waals surface area contributed by atoms with E-state index >= 15 is 0 Å². The number of hydrogen-bond donors (Lipinski definition) is 1. The molecule has 0 fully saturated rings. The van der Waals surface area contributed by atoms with Crippen molar-refractivity contribution in [2.75, 3.05) is 25.0 Å². The Kier molecular flexibility index (Phi) is 5.19. The molecule has 0 aromatic heterocycles. The molecular weight excluding hydrogens is 184 g/mol. The van der Waals surface area contributed by atoms with E-state index in [1.807, 2.05) is 0 Å². The van der Waals surface area contributed by atoms with Gasteiger partial charge in [-0.05, 0) is 31.0 Å². The SMILES string of the molecule is CCCCN(C)c1ccccc1CCN. The number of benzene rings is 1. The number of hydrogen-bond acceptors (Lipinski definition) is 2. The van der Waals surface area contributed by atoms with Gasteiger partial charge in [-0.15, -0.1) is 0 Å². The van der Waals surface area contributed by atoms with Crippen LogP contribution >= 0.6 is 0 Å². The van der Waals surface area contributed by atoms with Crippen molar-refractivity contribution < 1.29 is 0 Å². The van der Waals surface area contributed by atoms with Crippen LogP contribution in [0.1, 0.15) is 25.3 Å². The fraction of sp³-hybridized carbons (Fsp3) is 0.538. The van der Waals surface area contributed by atoms with E-state index in [0.29, 0.717) is 0 Å². The van der Waals surface area contributed by atoms with Crippen LogP contribution in [-0.4, -0.2) is 20.1 Å². The molecule has 0 aliphatic heterocycles. The molecule has 2 nitrogen and oxygen atoms in total. The summed E-state index contributed by atoms with van der Waals surface area (Å²) in [7, 11) is 2.16. The molecule has 0 bridgehead atoms. The van der Waals surface area contributed by atoms with E-state index in [1.165, 1.54) is 24.1 Å². The van der Waals surface area contributed by atoms with Gasteiger partial charge in [-0.1, -0.05) is 31.5 Å². The first kappa shape index (κ1) is 12.1. The molecule has 84 valence electrons. The summed E-state index contributed by atoms with van der Waals surface area (Å²) in [6, 6.07) is 8.53. The Morgan fingerprint density at radius 1 is 1.27 bits per heavy atom. The molecule has 1 aromatic carbocycles. The molecule has 1 rings (SSSR count). The van der Waals surface area contributed by atoms with Gasteiger partial charge in [0.05, 0.1) is 0 Å². The fourth-order valence-corrected chi connectivity index (χ4v) is 1.77. The average Bonchev–Trinajstić information content (AvgIpc) is 2.27.